The highest BCUT2D eigenvalue weighted by molar-refractivity contribution is 6.13. The number of carbonyl (C=O) groups is 2. The third-order valence-corrected chi connectivity index (χ3v) is 4.73. The first-order valence-corrected chi connectivity index (χ1v) is 8.81. The lowest BCUT2D eigenvalue weighted by Crippen LogP contribution is -2.33. The van der Waals surface area contributed by atoms with Crippen LogP contribution in [0.1, 0.15) is 24.2 Å². The molecule has 3 aromatic carbocycles. The van der Waals surface area contributed by atoms with E-state index in [2.05, 4.69) is 10.6 Å². The maximum atomic E-state index is 12.8. The maximum absolute atomic E-state index is 12.8. The minimum atomic E-state index is -0.620. The lowest BCUT2D eigenvalue weighted by atomic mass is 9.94. The fraction of sp³-hybridized carbons (Fsp3) is 0.182. The highest BCUT2D eigenvalue weighted by atomic mass is 16.5. The number of nitrogens with one attached hydrogen (secondary N) is 2. The molecule has 2 amide bonds. The molecule has 4 rings (SSSR count). The predicted molar refractivity (Wildman–Crippen MR) is 106 cm³/mol. The van der Waals surface area contributed by atoms with Crippen LogP contribution in [0.4, 0.5) is 11.4 Å². The van der Waals surface area contributed by atoms with Crippen molar-refractivity contribution in [1.29, 1.82) is 0 Å². The summed E-state index contributed by atoms with van der Waals surface area (Å²) in [5, 5.41) is 7.71. The molecule has 0 fully saturated rings. The molecule has 1 aliphatic rings. The average molecular weight is 360 g/mol. The van der Waals surface area contributed by atoms with E-state index in [1.807, 2.05) is 50.2 Å². The van der Waals surface area contributed by atoms with Gasteiger partial charge in [-0.3, -0.25) is 9.59 Å². The summed E-state index contributed by atoms with van der Waals surface area (Å²) in [5.41, 5.74) is 1.21. The lowest BCUT2D eigenvalue weighted by Gasteiger charge is -2.18. The molecule has 2 N–H and O–H groups in total. The highest BCUT2D eigenvalue weighted by Gasteiger charge is 2.32. The van der Waals surface area contributed by atoms with Crippen molar-refractivity contribution in [2.75, 3.05) is 17.2 Å². The zero-order valence-corrected chi connectivity index (χ0v) is 15.2. The van der Waals surface area contributed by atoms with Gasteiger partial charge in [-0.2, -0.15) is 0 Å². The first kappa shape index (κ1) is 17.1. The summed E-state index contributed by atoms with van der Waals surface area (Å²) in [7, 11) is 0. The molecule has 1 aliphatic heterocycles. The van der Waals surface area contributed by atoms with Gasteiger partial charge < -0.3 is 15.4 Å². The maximum Gasteiger partial charge on any atom is 0.256 e. The molecule has 0 aliphatic carbocycles. The first-order valence-electron chi connectivity index (χ1n) is 8.81. The van der Waals surface area contributed by atoms with Gasteiger partial charge in [0.15, 0.2) is 0 Å². The van der Waals surface area contributed by atoms with Crippen LogP contribution >= 0.6 is 0 Å². The minimum Gasteiger partial charge on any atom is -0.490 e. The van der Waals surface area contributed by atoms with E-state index in [-0.39, 0.29) is 18.4 Å². The lowest BCUT2D eigenvalue weighted by molar-refractivity contribution is -0.124. The van der Waals surface area contributed by atoms with Crippen LogP contribution in [-0.4, -0.2) is 18.4 Å². The Labute approximate surface area is 157 Å². The normalized spacial score (nSPS) is 15.3. The van der Waals surface area contributed by atoms with Gasteiger partial charge >= 0.3 is 0 Å². The predicted octanol–water partition coefficient (Wildman–Crippen LogP) is 4.45. The van der Waals surface area contributed by atoms with Gasteiger partial charge in [-0.25, -0.2) is 0 Å². The molecule has 0 unspecified atom stereocenters. The van der Waals surface area contributed by atoms with Crippen LogP contribution in [0.25, 0.3) is 10.8 Å². The standard InChI is InChI=1S/C22H20N2O3/c1-22(2)13-27-19-12-15(10-11-18(19)24-21(22)26)23-20(25)17-9-5-7-14-6-3-4-8-16(14)17/h3-12H,13H2,1-2H3,(H,23,25)(H,24,26). The Balaban J connectivity index is 1.61. The van der Waals surface area contributed by atoms with Crippen LogP contribution in [0.5, 0.6) is 5.75 Å². The van der Waals surface area contributed by atoms with Gasteiger partial charge in [0.2, 0.25) is 5.91 Å². The van der Waals surface area contributed by atoms with E-state index >= 15 is 0 Å². The number of hydrogen-bond acceptors (Lipinski definition) is 3. The molecular weight excluding hydrogens is 340 g/mol. The van der Waals surface area contributed by atoms with Gasteiger partial charge in [0.05, 0.1) is 11.1 Å². The van der Waals surface area contributed by atoms with Gasteiger partial charge in [0.1, 0.15) is 12.4 Å². The van der Waals surface area contributed by atoms with Crippen LogP contribution in [0.3, 0.4) is 0 Å². The second kappa shape index (κ2) is 6.43. The van der Waals surface area contributed by atoms with Gasteiger partial charge in [-0.05, 0) is 42.8 Å². The van der Waals surface area contributed by atoms with Crippen LogP contribution in [0.15, 0.2) is 60.7 Å². The van der Waals surface area contributed by atoms with Crippen LogP contribution in [0, 0.1) is 5.41 Å². The van der Waals surface area contributed by atoms with Gasteiger partial charge in [0.25, 0.3) is 5.91 Å². The van der Waals surface area contributed by atoms with E-state index in [4.69, 9.17) is 4.74 Å². The average Bonchev–Trinajstić information content (AvgIpc) is 2.77. The molecular formula is C22H20N2O3. The van der Waals surface area contributed by atoms with Crippen LogP contribution in [0.2, 0.25) is 0 Å². The molecule has 0 saturated heterocycles. The third kappa shape index (κ3) is 3.24. The van der Waals surface area contributed by atoms with Gasteiger partial charge in [-0.1, -0.05) is 36.4 Å². The van der Waals surface area contributed by atoms with E-state index in [1.54, 1.807) is 24.3 Å². The molecule has 0 radical (unpaired) electrons. The van der Waals surface area contributed by atoms with Gasteiger partial charge in [-0.15, -0.1) is 0 Å². The fourth-order valence-corrected chi connectivity index (χ4v) is 3.06. The summed E-state index contributed by atoms with van der Waals surface area (Å²) in [6.45, 7) is 3.93. The smallest absolute Gasteiger partial charge is 0.256 e. The number of anilines is 2. The molecule has 3 aromatic rings. The summed E-state index contributed by atoms with van der Waals surface area (Å²) in [4.78, 5) is 25.0. The molecule has 0 spiro atoms. The largest absolute Gasteiger partial charge is 0.490 e. The van der Waals surface area contributed by atoms with Crippen molar-refractivity contribution in [1.82, 2.24) is 0 Å². The molecule has 27 heavy (non-hydrogen) atoms. The number of hydrogen-bond donors (Lipinski definition) is 2. The van der Waals surface area contributed by atoms with Crippen molar-refractivity contribution >= 4 is 34.0 Å². The number of fused-ring (bicyclic) bond motifs is 2. The monoisotopic (exact) mass is 360 g/mol. The second-order valence-corrected chi connectivity index (χ2v) is 7.32. The molecule has 0 bridgehead atoms. The van der Waals surface area contributed by atoms with E-state index in [0.29, 0.717) is 22.7 Å². The first-order chi connectivity index (χ1) is 12.9. The summed E-state index contributed by atoms with van der Waals surface area (Å²) >= 11 is 0. The number of ether oxygens (including phenoxy) is 1. The zero-order chi connectivity index (χ0) is 19.0. The Morgan fingerprint density at radius 2 is 1.85 bits per heavy atom. The number of carbonyl (C=O) groups excluding carboxylic acids is 2. The second-order valence-electron chi connectivity index (χ2n) is 7.32. The van der Waals surface area contributed by atoms with Crippen molar-refractivity contribution in [3.8, 4) is 5.75 Å². The molecule has 1 heterocycles. The molecule has 0 atom stereocenters. The van der Waals surface area contributed by atoms with Crippen molar-refractivity contribution in [2.24, 2.45) is 5.41 Å². The van der Waals surface area contributed by atoms with E-state index in [9.17, 15) is 9.59 Å². The van der Waals surface area contributed by atoms with Crippen molar-refractivity contribution < 1.29 is 14.3 Å². The van der Waals surface area contributed by atoms with E-state index < -0.39 is 5.41 Å². The molecule has 5 nitrogen and oxygen atoms in total. The van der Waals surface area contributed by atoms with Gasteiger partial charge in [0, 0.05) is 17.3 Å². The summed E-state index contributed by atoms with van der Waals surface area (Å²) in [6, 6.07) is 18.7. The highest BCUT2D eigenvalue weighted by Crippen LogP contribution is 2.34. The number of benzene rings is 3. The molecule has 0 aromatic heterocycles. The van der Waals surface area contributed by atoms with Crippen LogP contribution < -0.4 is 15.4 Å². The summed E-state index contributed by atoms with van der Waals surface area (Å²) < 4.78 is 5.80. The summed E-state index contributed by atoms with van der Waals surface area (Å²) in [5.74, 6) is 0.267. The van der Waals surface area contributed by atoms with E-state index in [0.717, 1.165) is 10.8 Å². The van der Waals surface area contributed by atoms with Crippen molar-refractivity contribution in [3.05, 3.63) is 66.2 Å². The van der Waals surface area contributed by atoms with E-state index in [1.165, 1.54) is 0 Å². The molecule has 0 saturated carbocycles. The minimum absolute atomic E-state index is 0.0891. The number of amides is 2. The zero-order valence-electron chi connectivity index (χ0n) is 15.2. The Hall–Kier alpha value is -3.34. The number of rotatable bonds is 2. The molecule has 136 valence electrons. The quantitative estimate of drug-likeness (QED) is 0.709. The summed E-state index contributed by atoms with van der Waals surface area (Å²) in [6.07, 6.45) is 0. The van der Waals surface area contributed by atoms with Crippen molar-refractivity contribution in [2.45, 2.75) is 13.8 Å². The Morgan fingerprint density at radius 1 is 1.07 bits per heavy atom. The Kier molecular flexibility index (Phi) is 4.07. The van der Waals surface area contributed by atoms with Crippen LogP contribution in [-0.2, 0) is 4.79 Å². The fourth-order valence-electron chi connectivity index (χ4n) is 3.06. The van der Waals surface area contributed by atoms with Crippen molar-refractivity contribution in [3.63, 3.8) is 0 Å². The SMILES string of the molecule is CC1(C)COc2cc(NC(=O)c3cccc4ccccc34)ccc2NC1=O. The Morgan fingerprint density at radius 3 is 2.70 bits per heavy atom. The Bertz CT molecular complexity index is 1050. The third-order valence-electron chi connectivity index (χ3n) is 4.73. The molecule has 5 heteroatoms. The topological polar surface area (TPSA) is 67.4 Å².